The average molecular weight is 404 g/mol. The molecule has 7 nitrogen and oxygen atoms in total. The van der Waals surface area contributed by atoms with Crippen molar-refractivity contribution in [2.75, 3.05) is 23.8 Å². The number of anilines is 2. The second-order valence-electron chi connectivity index (χ2n) is 6.99. The van der Waals surface area contributed by atoms with Crippen LogP contribution >= 0.6 is 0 Å². The van der Waals surface area contributed by atoms with Gasteiger partial charge in [0.15, 0.2) is 0 Å². The lowest BCUT2D eigenvalue weighted by molar-refractivity contribution is -0.153. The van der Waals surface area contributed by atoms with Crippen molar-refractivity contribution in [1.29, 1.82) is 0 Å². The number of carbonyl (C=O) groups is 2. The van der Waals surface area contributed by atoms with E-state index in [2.05, 4.69) is 15.3 Å². The van der Waals surface area contributed by atoms with Gasteiger partial charge in [0.05, 0.1) is 0 Å². The number of nitrogens with zero attached hydrogens (tertiary/aromatic N) is 3. The summed E-state index contributed by atoms with van der Waals surface area (Å²) in [4.78, 5) is 35.4. The third-order valence-corrected chi connectivity index (χ3v) is 4.50. The molecule has 0 aliphatic carbocycles. The van der Waals surface area contributed by atoms with Crippen LogP contribution in [-0.2, 0) is 14.3 Å². The highest BCUT2D eigenvalue weighted by Crippen LogP contribution is 2.23. The molecule has 0 radical (unpaired) electrons. The minimum atomic E-state index is -1.08. The number of nitrogens with one attached hydrogen (secondary N) is 1. The summed E-state index contributed by atoms with van der Waals surface area (Å²) in [6.45, 7) is 3.77. The fraction of sp³-hybridized carbons (Fsp3) is 0.217. The molecular weight excluding hydrogens is 380 g/mol. The summed E-state index contributed by atoms with van der Waals surface area (Å²) in [7, 11) is 1.68. The summed E-state index contributed by atoms with van der Waals surface area (Å²) in [5, 5.41) is 2.89. The molecule has 1 heterocycles. The second kappa shape index (κ2) is 9.65. The molecule has 0 aliphatic heterocycles. The van der Waals surface area contributed by atoms with Crippen LogP contribution < -0.4 is 10.2 Å². The standard InChI is InChI=1S/C23H24N4O3/c1-16-10-11-17(2)19(14-16)26-22(29)21(18-8-5-4-6-9-18)30-20(28)15-27(3)23-24-12-7-13-25-23/h4-14,21H,15H2,1-3H3,(H,26,29)/t21-/m0/s1. The van der Waals surface area contributed by atoms with E-state index in [1.165, 1.54) is 0 Å². The maximum Gasteiger partial charge on any atom is 0.326 e. The smallest absolute Gasteiger partial charge is 0.326 e. The van der Waals surface area contributed by atoms with Gasteiger partial charge in [-0.3, -0.25) is 9.59 Å². The SMILES string of the molecule is Cc1ccc(C)c(NC(=O)[C@@H](OC(=O)CN(C)c2ncccn2)c2ccccc2)c1. The minimum Gasteiger partial charge on any atom is -0.446 e. The first kappa shape index (κ1) is 21.0. The monoisotopic (exact) mass is 404 g/mol. The normalized spacial score (nSPS) is 11.4. The Bertz CT molecular complexity index is 1010. The molecule has 1 N–H and O–H groups in total. The number of ether oxygens (including phenoxy) is 1. The zero-order valence-electron chi connectivity index (χ0n) is 17.2. The molecule has 0 unspecified atom stereocenters. The molecule has 7 heteroatoms. The van der Waals surface area contributed by atoms with Crippen LogP contribution in [0.2, 0.25) is 0 Å². The highest BCUT2D eigenvalue weighted by molar-refractivity contribution is 5.96. The maximum atomic E-state index is 13.0. The Morgan fingerprint density at radius 3 is 2.43 bits per heavy atom. The molecule has 30 heavy (non-hydrogen) atoms. The number of rotatable bonds is 7. The Kier molecular flexibility index (Phi) is 6.75. The highest BCUT2D eigenvalue weighted by atomic mass is 16.5. The average Bonchev–Trinajstić information content (AvgIpc) is 2.75. The molecule has 0 bridgehead atoms. The number of hydrogen-bond acceptors (Lipinski definition) is 6. The van der Waals surface area contributed by atoms with Gasteiger partial charge in [0.2, 0.25) is 12.1 Å². The first-order valence-corrected chi connectivity index (χ1v) is 9.55. The van der Waals surface area contributed by atoms with Crippen LogP contribution in [0, 0.1) is 13.8 Å². The van der Waals surface area contributed by atoms with E-state index in [1.807, 2.05) is 38.1 Å². The van der Waals surface area contributed by atoms with Gasteiger partial charge < -0.3 is 15.0 Å². The number of aromatic nitrogens is 2. The predicted octanol–water partition coefficient (Wildman–Crippen LogP) is 3.45. The molecule has 0 saturated heterocycles. The van der Waals surface area contributed by atoms with Crippen LogP contribution in [0.25, 0.3) is 0 Å². The Morgan fingerprint density at radius 2 is 1.73 bits per heavy atom. The number of esters is 1. The summed E-state index contributed by atoms with van der Waals surface area (Å²) < 4.78 is 5.58. The van der Waals surface area contributed by atoms with Crippen LogP contribution in [-0.4, -0.2) is 35.4 Å². The van der Waals surface area contributed by atoms with Crippen molar-refractivity contribution >= 4 is 23.5 Å². The van der Waals surface area contributed by atoms with Crippen LogP contribution in [0.3, 0.4) is 0 Å². The van der Waals surface area contributed by atoms with Crippen molar-refractivity contribution in [3.8, 4) is 0 Å². The van der Waals surface area contributed by atoms with Crippen LogP contribution in [0.1, 0.15) is 22.8 Å². The first-order chi connectivity index (χ1) is 14.4. The quantitative estimate of drug-likeness (QED) is 0.607. The number of benzene rings is 2. The topological polar surface area (TPSA) is 84.4 Å². The van der Waals surface area contributed by atoms with Gasteiger partial charge >= 0.3 is 5.97 Å². The molecule has 0 aliphatic rings. The Morgan fingerprint density at radius 1 is 1.03 bits per heavy atom. The predicted molar refractivity (Wildman–Crippen MR) is 115 cm³/mol. The third kappa shape index (κ3) is 5.41. The number of carbonyl (C=O) groups excluding carboxylic acids is 2. The van der Waals surface area contributed by atoms with Gasteiger partial charge in [-0.05, 0) is 37.1 Å². The van der Waals surface area contributed by atoms with Gasteiger partial charge in [-0.1, -0.05) is 42.5 Å². The largest absolute Gasteiger partial charge is 0.446 e. The van der Waals surface area contributed by atoms with Crippen LogP contribution in [0.5, 0.6) is 0 Å². The van der Waals surface area contributed by atoms with Crippen molar-refractivity contribution in [3.05, 3.63) is 83.7 Å². The Hall–Kier alpha value is -3.74. The van der Waals surface area contributed by atoms with Crippen molar-refractivity contribution in [2.24, 2.45) is 0 Å². The lowest BCUT2D eigenvalue weighted by Crippen LogP contribution is -2.32. The van der Waals surface area contributed by atoms with Crippen LogP contribution in [0.4, 0.5) is 11.6 Å². The Balaban J connectivity index is 1.76. The van der Waals surface area contributed by atoms with E-state index >= 15 is 0 Å². The molecular formula is C23H24N4O3. The zero-order valence-corrected chi connectivity index (χ0v) is 17.2. The van der Waals surface area contributed by atoms with Gasteiger partial charge in [0.1, 0.15) is 6.54 Å². The van der Waals surface area contributed by atoms with E-state index in [0.717, 1.165) is 11.1 Å². The number of hydrogen-bond donors (Lipinski definition) is 1. The molecule has 1 amide bonds. The maximum absolute atomic E-state index is 13.0. The van der Waals surface area contributed by atoms with E-state index in [0.29, 0.717) is 17.2 Å². The van der Waals surface area contributed by atoms with E-state index in [4.69, 9.17) is 4.74 Å². The molecule has 154 valence electrons. The summed E-state index contributed by atoms with van der Waals surface area (Å²) >= 11 is 0. The molecule has 3 rings (SSSR count). The van der Waals surface area contributed by atoms with E-state index in [9.17, 15) is 9.59 Å². The zero-order chi connectivity index (χ0) is 21.5. The van der Waals surface area contributed by atoms with Crippen molar-refractivity contribution in [2.45, 2.75) is 20.0 Å². The molecule has 0 saturated carbocycles. The lowest BCUT2D eigenvalue weighted by Gasteiger charge is -2.21. The van der Waals surface area contributed by atoms with Gasteiger partial charge in [-0.2, -0.15) is 0 Å². The molecule has 0 fully saturated rings. The number of aryl methyl sites for hydroxylation is 2. The van der Waals surface area contributed by atoms with E-state index < -0.39 is 18.0 Å². The molecule has 1 atom stereocenters. The lowest BCUT2D eigenvalue weighted by atomic mass is 10.1. The van der Waals surface area contributed by atoms with Crippen molar-refractivity contribution in [1.82, 2.24) is 9.97 Å². The van der Waals surface area contributed by atoms with Crippen molar-refractivity contribution in [3.63, 3.8) is 0 Å². The molecule has 3 aromatic rings. The molecule has 0 spiro atoms. The molecule has 2 aromatic carbocycles. The van der Waals surface area contributed by atoms with E-state index in [-0.39, 0.29) is 6.54 Å². The van der Waals surface area contributed by atoms with E-state index in [1.54, 1.807) is 54.7 Å². The Labute approximate surface area is 175 Å². The fourth-order valence-electron chi connectivity index (χ4n) is 2.89. The van der Waals surface area contributed by atoms with Gasteiger partial charge in [0.25, 0.3) is 5.91 Å². The number of likely N-dealkylation sites (N-methyl/N-ethyl adjacent to an activating group) is 1. The molecule has 1 aromatic heterocycles. The summed E-state index contributed by atoms with van der Waals surface area (Å²) in [5.41, 5.74) is 3.22. The third-order valence-electron chi connectivity index (χ3n) is 4.50. The van der Waals surface area contributed by atoms with Crippen molar-refractivity contribution < 1.29 is 14.3 Å². The van der Waals surface area contributed by atoms with Crippen LogP contribution in [0.15, 0.2) is 67.0 Å². The number of amides is 1. The first-order valence-electron chi connectivity index (χ1n) is 9.55. The summed E-state index contributed by atoms with van der Waals surface area (Å²) in [6, 6.07) is 16.4. The minimum absolute atomic E-state index is 0.0932. The fourth-order valence-corrected chi connectivity index (χ4v) is 2.89. The van der Waals surface area contributed by atoms with Gasteiger partial charge in [-0.15, -0.1) is 0 Å². The second-order valence-corrected chi connectivity index (χ2v) is 6.99. The van der Waals surface area contributed by atoms with Gasteiger partial charge in [0, 0.05) is 30.7 Å². The summed E-state index contributed by atoms with van der Waals surface area (Å²) in [5.74, 6) is -0.581. The van der Waals surface area contributed by atoms with Gasteiger partial charge in [-0.25, -0.2) is 9.97 Å². The summed E-state index contributed by atoms with van der Waals surface area (Å²) in [6.07, 6.45) is 2.10. The highest BCUT2D eigenvalue weighted by Gasteiger charge is 2.26.